The van der Waals surface area contributed by atoms with Gasteiger partial charge < -0.3 is 4.48 Å². The summed E-state index contributed by atoms with van der Waals surface area (Å²) in [5.41, 5.74) is 10.2. The Morgan fingerprint density at radius 3 is 1.68 bits per heavy atom. The van der Waals surface area contributed by atoms with E-state index in [1.165, 1.54) is 0 Å². The van der Waals surface area contributed by atoms with Gasteiger partial charge in [0.05, 0.1) is 0 Å². The van der Waals surface area contributed by atoms with Crippen molar-refractivity contribution in [3.63, 3.8) is 0 Å². The zero-order chi connectivity index (χ0) is 29.2. The molecule has 197 valence electrons. The highest BCUT2D eigenvalue weighted by Crippen LogP contribution is 2.48. The monoisotopic (exact) mass is 518 g/mol. The van der Waals surface area contributed by atoms with Crippen LogP contribution in [0.25, 0.3) is 44.1 Å². The molecule has 0 aliphatic rings. The number of hydrogen-bond donors (Lipinski definition) is 0. The van der Waals surface area contributed by atoms with Crippen molar-refractivity contribution in [3.05, 3.63) is 172 Å². The molecule has 3 rings (SSSR count). The van der Waals surface area contributed by atoms with Crippen LogP contribution in [0.1, 0.15) is 29.2 Å². The van der Waals surface area contributed by atoms with Crippen LogP contribution in [0.3, 0.4) is 0 Å². The third-order valence-corrected chi connectivity index (χ3v) is 6.84. The van der Waals surface area contributed by atoms with Crippen molar-refractivity contribution in [3.8, 4) is 0 Å². The van der Waals surface area contributed by atoms with Crippen molar-refractivity contribution in [1.29, 1.82) is 0 Å². The molecule has 0 bridgehead atoms. The lowest BCUT2D eigenvalue weighted by atomic mass is 9.78. The van der Waals surface area contributed by atoms with Crippen LogP contribution in [-0.4, -0.2) is 11.9 Å². The number of aromatic nitrogens is 1. The Hall–Kier alpha value is -4.82. The summed E-state index contributed by atoms with van der Waals surface area (Å²) < 4.78 is 2.27. The lowest BCUT2D eigenvalue weighted by Crippen LogP contribution is -2.09. The largest absolute Gasteiger partial charge is 0.390 e. The molecular formula is C38H37BN. The number of rotatable bonds is 13. The average Bonchev–Trinajstić information content (AvgIpc) is 3.31. The maximum Gasteiger partial charge on any atom is 0.249 e. The number of benzene rings is 2. The van der Waals surface area contributed by atoms with Crippen molar-refractivity contribution < 1.29 is 0 Å². The molecule has 1 radical (unpaired) electrons. The maximum atomic E-state index is 4.21. The summed E-state index contributed by atoms with van der Waals surface area (Å²) in [7, 11) is 2.12. The topological polar surface area (TPSA) is 4.93 Å². The van der Waals surface area contributed by atoms with Crippen molar-refractivity contribution in [2.45, 2.75) is 13.7 Å². The van der Waals surface area contributed by atoms with Crippen molar-refractivity contribution in [2.75, 3.05) is 0 Å². The first kappa shape index (κ1) is 29.7. The van der Waals surface area contributed by atoms with Gasteiger partial charge in [0.2, 0.25) is 7.41 Å². The van der Waals surface area contributed by atoms with Gasteiger partial charge in [-0.3, -0.25) is 0 Å². The molecule has 0 N–H and O–H groups in total. The van der Waals surface area contributed by atoms with Crippen LogP contribution < -0.4 is 0 Å². The van der Waals surface area contributed by atoms with E-state index in [4.69, 9.17) is 0 Å². The maximum absolute atomic E-state index is 4.21. The molecular weight excluding hydrogens is 481 g/mol. The SMILES string of the molecule is C=C/C=C\C(=C/C)c1c(/C(C=C)=C/C=C)c(/C(C=C)=C/C=C)c(/C(C=C)=C/C=C)c2c3ccccc3n([B]C)c12. The third-order valence-electron chi connectivity index (χ3n) is 6.84. The third kappa shape index (κ3) is 5.22. The van der Waals surface area contributed by atoms with E-state index in [-0.39, 0.29) is 0 Å². The van der Waals surface area contributed by atoms with E-state index in [0.717, 1.165) is 66.4 Å². The van der Waals surface area contributed by atoms with Gasteiger partial charge in [0.1, 0.15) is 0 Å². The fourth-order valence-electron chi connectivity index (χ4n) is 5.31. The van der Waals surface area contributed by atoms with Gasteiger partial charge >= 0.3 is 0 Å². The molecule has 0 fully saturated rings. The number of fused-ring (bicyclic) bond motifs is 3. The van der Waals surface area contributed by atoms with Crippen molar-refractivity contribution in [1.82, 2.24) is 4.48 Å². The van der Waals surface area contributed by atoms with Crippen LogP contribution in [0.15, 0.2) is 149 Å². The number of nitrogens with zero attached hydrogens (tertiary/aromatic N) is 1. The first-order valence-electron chi connectivity index (χ1n) is 13.3. The molecule has 0 aliphatic carbocycles. The summed E-state index contributed by atoms with van der Waals surface area (Å²) in [5.74, 6) is 0. The second-order valence-electron chi connectivity index (χ2n) is 8.89. The zero-order valence-electron chi connectivity index (χ0n) is 23.8. The Bertz CT molecular complexity index is 1690. The van der Waals surface area contributed by atoms with Crippen molar-refractivity contribution >= 4 is 51.5 Å². The fraction of sp³-hybridized carbons (Fsp3) is 0.0526. The molecule has 0 amide bonds. The Morgan fingerprint density at radius 1 is 0.675 bits per heavy atom. The van der Waals surface area contributed by atoms with Gasteiger partial charge in [-0.2, -0.15) is 0 Å². The first-order valence-corrected chi connectivity index (χ1v) is 13.3. The molecule has 1 heterocycles. The summed E-state index contributed by atoms with van der Waals surface area (Å²) in [5, 5.41) is 2.25. The van der Waals surface area contributed by atoms with Crippen LogP contribution in [0.5, 0.6) is 0 Å². The molecule has 1 nitrogen and oxygen atoms in total. The Kier molecular flexibility index (Phi) is 10.3. The summed E-state index contributed by atoms with van der Waals surface area (Å²) in [6.07, 6.45) is 25.0. The van der Waals surface area contributed by atoms with Gasteiger partial charge in [0.25, 0.3) is 0 Å². The van der Waals surface area contributed by atoms with Crippen LogP contribution in [0.2, 0.25) is 6.82 Å². The summed E-state index contributed by atoms with van der Waals surface area (Å²) in [6, 6.07) is 8.49. The van der Waals surface area contributed by atoms with E-state index in [0.29, 0.717) is 0 Å². The molecule has 2 heteroatoms. The summed E-state index contributed by atoms with van der Waals surface area (Å²) in [6.45, 7) is 32.7. The predicted octanol–water partition coefficient (Wildman–Crippen LogP) is 10.7. The van der Waals surface area contributed by atoms with Crippen LogP contribution in [0.4, 0.5) is 0 Å². The van der Waals surface area contributed by atoms with E-state index < -0.39 is 0 Å². The molecule has 0 saturated heterocycles. The quantitative estimate of drug-likeness (QED) is 0.157. The highest BCUT2D eigenvalue weighted by atomic mass is 14.9. The normalized spacial score (nSPS) is 12.9. The van der Waals surface area contributed by atoms with Gasteiger partial charge in [0.15, 0.2) is 0 Å². The van der Waals surface area contributed by atoms with Crippen LogP contribution >= 0.6 is 0 Å². The second kappa shape index (κ2) is 13.8. The first-order chi connectivity index (χ1) is 19.5. The molecule has 3 aromatic rings. The second-order valence-corrected chi connectivity index (χ2v) is 8.89. The number of para-hydroxylation sites is 1. The predicted molar refractivity (Wildman–Crippen MR) is 185 cm³/mol. The van der Waals surface area contributed by atoms with Crippen LogP contribution in [0, 0.1) is 0 Å². The van der Waals surface area contributed by atoms with Crippen LogP contribution in [-0.2, 0) is 0 Å². The minimum Gasteiger partial charge on any atom is -0.390 e. The molecule has 0 saturated carbocycles. The van der Waals surface area contributed by atoms with E-state index in [2.05, 4.69) is 108 Å². The number of hydrogen-bond acceptors (Lipinski definition) is 0. The average molecular weight is 519 g/mol. The smallest absolute Gasteiger partial charge is 0.249 e. The van der Waals surface area contributed by atoms with Gasteiger partial charge in [-0.1, -0.05) is 150 Å². The van der Waals surface area contributed by atoms with E-state index in [9.17, 15) is 0 Å². The highest BCUT2D eigenvalue weighted by Gasteiger charge is 2.28. The van der Waals surface area contributed by atoms with Gasteiger partial charge in [-0.15, -0.1) is 0 Å². The Labute approximate surface area is 240 Å². The van der Waals surface area contributed by atoms with E-state index in [1.807, 2.05) is 42.5 Å². The molecule has 40 heavy (non-hydrogen) atoms. The molecule has 0 aliphatic heterocycles. The van der Waals surface area contributed by atoms with E-state index in [1.54, 1.807) is 24.3 Å². The van der Waals surface area contributed by atoms with Gasteiger partial charge in [-0.25, -0.2) is 0 Å². The Morgan fingerprint density at radius 2 is 1.20 bits per heavy atom. The molecule has 0 unspecified atom stereocenters. The van der Waals surface area contributed by atoms with Gasteiger partial charge in [-0.05, 0) is 40.8 Å². The molecule has 0 spiro atoms. The lowest BCUT2D eigenvalue weighted by Gasteiger charge is -2.25. The summed E-state index contributed by atoms with van der Waals surface area (Å²) >= 11 is 0. The standard InChI is InChI=1S/C38H37BN/c1-10-18-24-30(17-8)36-34(28(15-6)22-12-3)33(27(14-5)21-11-2)35(29(16-7)23-13-4)37-31-25-19-20-26-32(31)40(39-9)38(36)37/h10-26H,1-7H2,8-9H3/b24-18-,27-21+,28-22+,29-23+,30-17+. The summed E-state index contributed by atoms with van der Waals surface area (Å²) in [4.78, 5) is 0. The molecule has 2 aromatic carbocycles. The Balaban J connectivity index is 3.04. The number of allylic oxidation sites excluding steroid dienone is 17. The zero-order valence-corrected chi connectivity index (χ0v) is 23.8. The van der Waals surface area contributed by atoms with Gasteiger partial charge in [0, 0.05) is 38.5 Å². The fourth-order valence-corrected chi connectivity index (χ4v) is 5.31. The highest BCUT2D eigenvalue weighted by molar-refractivity contribution is 6.39. The lowest BCUT2D eigenvalue weighted by molar-refractivity contribution is 1.34. The van der Waals surface area contributed by atoms with Crippen molar-refractivity contribution in [2.24, 2.45) is 0 Å². The minimum atomic E-state index is 0.928. The molecule has 0 atom stereocenters. The minimum absolute atomic E-state index is 0.928. The van der Waals surface area contributed by atoms with E-state index >= 15 is 0 Å². The molecule has 1 aromatic heterocycles.